The third-order valence-electron chi connectivity index (χ3n) is 0.948. The van der Waals surface area contributed by atoms with E-state index < -0.39 is 16.9 Å². The van der Waals surface area contributed by atoms with Crippen LogP contribution in [0.1, 0.15) is 0 Å². The van der Waals surface area contributed by atoms with E-state index in [1.807, 2.05) is 0 Å². The monoisotopic (exact) mass is 146 g/mol. The predicted molar refractivity (Wildman–Crippen MR) is 30.6 cm³/mol. The van der Waals surface area contributed by atoms with Crippen LogP contribution < -0.4 is 5.34 Å². The third kappa shape index (κ3) is 1.12. The molecule has 10 heavy (non-hydrogen) atoms. The van der Waals surface area contributed by atoms with Gasteiger partial charge in [0.25, 0.3) is 0 Å². The van der Waals surface area contributed by atoms with E-state index in [9.17, 15) is 8.96 Å². The van der Waals surface area contributed by atoms with Crippen LogP contribution in [0.5, 0.6) is 5.88 Å². The minimum Gasteiger partial charge on any atom is -0.492 e. The molecular weight excluding hydrogens is 142 g/mol. The van der Waals surface area contributed by atoms with Gasteiger partial charge in [-0.15, -0.1) is 0 Å². The van der Waals surface area contributed by atoms with Crippen LogP contribution in [0.25, 0.3) is 0 Å². The van der Waals surface area contributed by atoms with Crippen LogP contribution in [0.2, 0.25) is 0 Å². The van der Waals surface area contributed by atoms with E-state index in [4.69, 9.17) is 5.11 Å². The summed E-state index contributed by atoms with van der Waals surface area (Å²) in [5.74, 6) is -0.674. The molecule has 0 saturated heterocycles. The Bertz CT molecular complexity index is 229. The molecule has 1 aromatic rings. The van der Waals surface area contributed by atoms with E-state index in [0.717, 1.165) is 6.07 Å². The molecule has 0 radical (unpaired) electrons. The Morgan fingerprint density at radius 3 is 2.60 bits per heavy atom. The zero-order valence-corrected chi connectivity index (χ0v) is 4.83. The highest BCUT2D eigenvalue weighted by atomic mass is 19.4. The summed E-state index contributed by atoms with van der Waals surface area (Å²) in [6.07, 6.45) is 1.22. The van der Waals surface area contributed by atoms with E-state index in [2.05, 4.69) is 4.98 Å². The van der Waals surface area contributed by atoms with Gasteiger partial charge in [0, 0.05) is 6.20 Å². The molecule has 0 aliphatic rings. The molecule has 0 fully saturated rings. The van der Waals surface area contributed by atoms with Crippen LogP contribution in [0.15, 0.2) is 18.3 Å². The average molecular weight is 146 g/mol. The number of hydrogen-bond donors (Lipinski definition) is 1. The second kappa shape index (κ2) is 2.47. The molecule has 0 saturated carbocycles. The largest absolute Gasteiger partial charge is 0.492 e. The lowest BCUT2D eigenvalue weighted by molar-refractivity contribution is 0.230. The predicted octanol–water partition coefficient (Wildman–Crippen LogP) is 1.36. The number of pyridine rings is 1. The number of aromatic nitrogens is 1. The van der Waals surface area contributed by atoms with E-state index >= 15 is 0 Å². The van der Waals surface area contributed by atoms with Crippen LogP contribution >= 0.6 is 0 Å². The summed E-state index contributed by atoms with van der Waals surface area (Å²) in [5, 5.41) is 7.46. The van der Waals surface area contributed by atoms with Gasteiger partial charge < -0.3 is 5.11 Å². The first kappa shape index (κ1) is 6.73. The minimum absolute atomic E-state index is 0.595. The van der Waals surface area contributed by atoms with Crippen molar-refractivity contribution in [1.82, 2.24) is 4.98 Å². The van der Waals surface area contributed by atoms with E-state index in [0.29, 0.717) is 0 Å². The van der Waals surface area contributed by atoms with Crippen LogP contribution in [0, 0.1) is 0 Å². The molecule has 0 aromatic carbocycles. The van der Waals surface area contributed by atoms with Crippen molar-refractivity contribution in [3.8, 4) is 5.88 Å². The lowest BCUT2D eigenvalue weighted by Gasteiger charge is -2.00. The Balaban J connectivity index is 3.03. The highest BCUT2D eigenvalue weighted by molar-refractivity contribution is 5.49. The molecule has 0 unspecified atom stereocenters. The van der Waals surface area contributed by atoms with Crippen molar-refractivity contribution in [2.75, 3.05) is 5.34 Å². The molecule has 0 amide bonds. The first-order valence-electron chi connectivity index (χ1n) is 2.47. The van der Waals surface area contributed by atoms with Gasteiger partial charge in [-0.3, -0.25) is 0 Å². The first-order valence-corrected chi connectivity index (χ1v) is 2.47. The van der Waals surface area contributed by atoms with Crippen LogP contribution in [-0.4, -0.2) is 10.1 Å². The maximum absolute atomic E-state index is 11.7. The molecule has 0 aliphatic carbocycles. The topological polar surface area (TPSA) is 36.4 Å². The molecule has 0 bridgehead atoms. The van der Waals surface area contributed by atoms with Crippen molar-refractivity contribution in [2.24, 2.45) is 0 Å². The lowest BCUT2D eigenvalue weighted by atomic mass is 10.4. The van der Waals surface area contributed by atoms with Gasteiger partial charge in [0.15, 0.2) is 5.69 Å². The van der Waals surface area contributed by atoms with Gasteiger partial charge in [0.05, 0.1) is 0 Å². The summed E-state index contributed by atoms with van der Waals surface area (Å²) in [6, 6.07) is 2.36. The first-order chi connectivity index (χ1) is 4.72. The Morgan fingerprint density at radius 1 is 1.50 bits per heavy atom. The van der Waals surface area contributed by atoms with E-state index in [1.54, 1.807) is 0 Å². The zero-order chi connectivity index (χ0) is 7.56. The number of rotatable bonds is 1. The van der Waals surface area contributed by atoms with Crippen LogP contribution in [0.4, 0.5) is 14.6 Å². The van der Waals surface area contributed by atoms with Crippen LogP contribution in [0.3, 0.4) is 0 Å². The normalized spacial score (nSPS) is 9.40. The fourth-order valence-corrected chi connectivity index (χ4v) is 0.520. The molecule has 1 rings (SSSR count). The molecule has 1 N–H and O–H groups in total. The summed E-state index contributed by atoms with van der Waals surface area (Å²) < 4.78 is 23.3. The summed E-state index contributed by atoms with van der Waals surface area (Å²) in [5.41, 5.74) is -0.595. The summed E-state index contributed by atoms with van der Waals surface area (Å²) in [6.45, 7) is 0. The lowest BCUT2D eigenvalue weighted by Crippen LogP contribution is -1.96. The Kier molecular flexibility index (Phi) is 1.66. The highest BCUT2D eigenvalue weighted by Gasteiger charge is 2.08. The Morgan fingerprint density at radius 2 is 2.20 bits per heavy atom. The molecule has 54 valence electrons. The SMILES string of the molecule is Oc1ncccc1N(F)F. The fraction of sp³-hybridized carbons (Fsp3) is 0. The molecule has 3 nitrogen and oxygen atoms in total. The molecule has 1 aromatic heterocycles. The molecule has 0 aliphatic heterocycles. The standard InChI is InChI=1S/C5H4F2N2O/c6-9(7)4-2-1-3-8-5(4)10/h1-3H,(H,8,10). The summed E-state index contributed by atoms with van der Waals surface area (Å²) >= 11 is 0. The number of anilines is 1. The quantitative estimate of drug-likeness (QED) is 0.607. The molecule has 0 atom stereocenters. The maximum Gasteiger partial charge on any atom is 0.240 e. The van der Waals surface area contributed by atoms with Gasteiger partial charge in [0.2, 0.25) is 5.88 Å². The Labute approximate surface area is 55.4 Å². The Hall–Kier alpha value is -1.39. The number of halogens is 2. The third-order valence-corrected chi connectivity index (χ3v) is 0.948. The maximum atomic E-state index is 11.7. The second-order valence-corrected chi connectivity index (χ2v) is 1.58. The number of nitrogens with zero attached hydrogens (tertiary/aromatic N) is 2. The number of hydrogen-bond acceptors (Lipinski definition) is 3. The van der Waals surface area contributed by atoms with Crippen molar-refractivity contribution in [2.45, 2.75) is 0 Å². The van der Waals surface area contributed by atoms with Crippen molar-refractivity contribution >= 4 is 5.69 Å². The average Bonchev–Trinajstić information content (AvgIpc) is 1.88. The molecular formula is C5H4F2N2O. The van der Waals surface area contributed by atoms with Crippen molar-refractivity contribution in [3.63, 3.8) is 0 Å². The summed E-state index contributed by atoms with van der Waals surface area (Å²) in [7, 11) is 0. The van der Waals surface area contributed by atoms with Gasteiger partial charge in [-0.25, -0.2) is 4.98 Å². The van der Waals surface area contributed by atoms with E-state index in [-0.39, 0.29) is 0 Å². The van der Waals surface area contributed by atoms with Gasteiger partial charge in [-0.2, -0.15) is 0 Å². The fourth-order valence-electron chi connectivity index (χ4n) is 0.520. The second-order valence-electron chi connectivity index (χ2n) is 1.58. The van der Waals surface area contributed by atoms with Gasteiger partial charge in [-0.1, -0.05) is 8.96 Å². The molecule has 0 spiro atoms. The smallest absolute Gasteiger partial charge is 0.240 e. The van der Waals surface area contributed by atoms with Gasteiger partial charge >= 0.3 is 0 Å². The minimum atomic E-state index is -1.19. The van der Waals surface area contributed by atoms with Crippen molar-refractivity contribution in [1.29, 1.82) is 0 Å². The van der Waals surface area contributed by atoms with E-state index in [1.165, 1.54) is 12.3 Å². The molecule has 1 heterocycles. The van der Waals surface area contributed by atoms with Crippen molar-refractivity contribution < 1.29 is 14.1 Å². The van der Waals surface area contributed by atoms with Gasteiger partial charge in [-0.05, 0) is 17.5 Å². The van der Waals surface area contributed by atoms with Crippen LogP contribution in [-0.2, 0) is 0 Å². The highest BCUT2D eigenvalue weighted by Crippen LogP contribution is 2.23. The summed E-state index contributed by atoms with van der Waals surface area (Å²) in [4.78, 5) is 3.23. The zero-order valence-electron chi connectivity index (χ0n) is 4.83. The van der Waals surface area contributed by atoms with Gasteiger partial charge in [0.1, 0.15) is 0 Å². The molecule has 5 heteroatoms. The van der Waals surface area contributed by atoms with Crippen molar-refractivity contribution in [3.05, 3.63) is 18.3 Å². The number of aromatic hydroxyl groups is 1.